The number of hydrogen-bond donors (Lipinski definition) is 1. The molecule has 0 fully saturated rings. The average molecular weight is 184 g/mol. The van der Waals surface area contributed by atoms with Gasteiger partial charge in [-0.25, -0.2) is 0 Å². The Morgan fingerprint density at radius 3 is 2.62 bits per heavy atom. The monoisotopic (exact) mass is 184 g/mol. The van der Waals surface area contributed by atoms with Crippen LogP contribution in [0.15, 0.2) is 12.2 Å². The van der Waals surface area contributed by atoms with E-state index in [9.17, 15) is 4.79 Å². The van der Waals surface area contributed by atoms with Gasteiger partial charge in [-0.1, -0.05) is 25.5 Å². The molecule has 0 amide bonds. The van der Waals surface area contributed by atoms with E-state index in [0.29, 0.717) is 0 Å². The van der Waals surface area contributed by atoms with Crippen LogP contribution in [0, 0.1) is 5.92 Å². The van der Waals surface area contributed by atoms with Crippen LogP contribution in [-0.4, -0.2) is 11.1 Å². The summed E-state index contributed by atoms with van der Waals surface area (Å²) in [6, 6.07) is 0. The normalized spacial score (nSPS) is 13.4. The van der Waals surface area contributed by atoms with Gasteiger partial charge in [-0.3, -0.25) is 4.79 Å². The maximum absolute atomic E-state index is 10.6. The van der Waals surface area contributed by atoms with E-state index in [1.165, 1.54) is 0 Å². The van der Waals surface area contributed by atoms with E-state index in [-0.39, 0.29) is 5.92 Å². The van der Waals surface area contributed by atoms with Crippen LogP contribution in [0.3, 0.4) is 0 Å². The largest absolute Gasteiger partial charge is 0.481 e. The predicted molar refractivity (Wildman–Crippen MR) is 54.7 cm³/mol. The standard InChI is InChI=1S/C11H20O2/c1-3-5-6-7-8-9-10(4-2)11(12)13/h3,5,10H,4,6-9H2,1-2H3,(H,12,13)/b5-3+. The van der Waals surface area contributed by atoms with Crippen LogP contribution in [0.5, 0.6) is 0 Å². The van der Waals surface area contributed by atoms with Gasteiger partial charge in [0.05, 0.1) is 5.92 Å². The summed E-state index contributed by atoms with van der Waals surface area (Å²) in [6.45, 7) is 3.94. The number of rotatable bonds is 7. The van der Waals surface area contributed by atoms with E-state index in [4.69, 9.17) is 5.11 Å². The summed E-state index contributed by atoms with van der Waals surface area (Å²) in [6.07, 6.45) is 8.94. The third-order valence-electron chi connectivity index (χ3n) is 2.25. The number of allylic oxidation sites excluding steroid dienone is 2. The van der Waals surface area contributed by atoms with Gasteiger partial charge in [-0.15, -0.1) is 0 Å². The Labute approximate surface area is 80.7 Å². The molecule has 0 radical (unpaired) electrons. The van der Waals surface area contributed by atoms with Gasteiger partial charge in [-0.05, 0) is 32.6 Å². The first-order valence-electron chi connectivity index (χ1n) is 5.06. The lowest BCUT2D eigenvalue weighted by Crippen LogP contribution is -2.12. The Bertz CT molecular complexity index is 161. The molecule has 0 rings (SSSR count). The molecule has 1 unspecified atom stereocenters. The average Bonchev–Trinajstić information content (AvgIpc) is 2.10. The second-order valence-corrected chi connectivity index (χ2v) is 3.30. The maximum atomic E-state index is 10.6. The molecule has 0 spiro atoms. The third kappa shape index (κ3) is 6.38. The lowest BCUT2D eigenvalue weighted by molar-refractivity contribution is -0.142. The van der Waals surface area contributed by atoms with Crippen molar-refractivity contribution in [1.82, 2.24) is 0 Å². The molecule has 0 aromatic rings. The van der Waals surface area contributed by atoms with Crippen molar-refractivity contribution in [2.75, 3.05) is 0 Å². The van der Waals surface area contributed by atoms with Gasteiger partial charge in [0.15, 0.2) is 0 Å². The van der Waals surface area contributed by atoms with Crippen LogP contribution < -0.4 is 0 Å². The highest BCUT2D eigenvalue weighted by Gasteiger charge is 2.13. The minimum Gasteiger partial charge on any atom is -0.481 e. The molecule has 0 aliphatic rings. The van der Waals surface area contributed by atoms with E-state index in [0.717, 1.165) is 32.1 Å². The summed E-state index contributed by atoms with van der Waals surface area (Å²) < 4.78 is 0. The molecular weight excluding hydrogens is 164 g/mol. The lowest BCUT2D eigenvalue weighted by atomic mass is 9.99. The number of carboxylic acids is 1. The first-order chi connectivity index (χ1) is 6.22. The number of unbranched alkanes of at least 4 members (excludes halogenated alkanes) is 2. The molecule has 13 heavy (non-hydrogen) atoms. The minimum atomic E-state index is -0.645. The van der Waals surface area contributed by atoms with Crippen molar-refractivity contribution in [3.63, 3.8) is 0 Å². The van der Waals surface area contributed by atoms with E-state index in [2.05, 4.69) is 6.08 Å². The van der Waals surface area contributed by atoms with E-state index in [1.807, 2.05) is 19.9 Å². The predicted octanol–water partition coefficient (Wildman–Crippen LogP) is 3.23. The van der Waals surface area contributed by atoms with Crippen molar-refractivity contribution in [2.45, 2.75) is 46.0 Å². The molecule has 2 heteroatoms. The second kappa shape index (κ2) is 7.84. The summed E-state index contributed by atoms with van der Waals surface area (Å²) in [5, 5.41) is 8.76. The van der Waals surface area contributed by atoms with Gasteiger partial charge in [0.25, 0.3) is 0 Å². The molecule has 0 aliphatic heterocycles. The highest BCUT2D eigenvalue weighted by atomic mass is 16.4. The number of carboxylic acid groups (broad SMARTS) is 1. The van der Waals surface area contributed by atoms with Gasteiger partial charge in [0.2, 0.25) is 0 Å². The van der Waals surface area contributed by atoms with Crippen molar-refractivity contribution in [1.29, 1.82) is 0 Å². The van der Waals surface area contributed by atoms with E-state index >= 15 is 0 Å². The van der Waals surface area contributed by atoms with Crippen LogP contribution in [0.25, 0.3) is 0 Å². The van der Waals surface area contributed by atoms with Gasteiger partial charge < -0.3 is 5.11 Å². The van der Waals surface area contributed by atoms with Crippen molar-refractivity contribution >= 4 is 5.97 Å². The first-order valence-corrected chi connectivity index (χ1v) is 5.06. The smallest absolute Gasteiger partial charge is 0.306 e. The molecule has 0 aromatic carbocycles. The number of hydrogen-bond acceptors (Lipinski definition) is 1. The Hall–Kier alpha value is -0.790. The summed E-state index contributed by atoms with van der Waals surface area (Å²) >= 11 is 0. The molecule has 76 valence electrons. The zero-order chi connectivity index (χ0) is 10.1. The Balaban J connectivity index is 3.44. The fourth-order valence-corrected chi connectivity index (χ4v) is 1.32. The molecule has 2 nitrogen and oxygen atoms in total. The van der Waals surface area contributed by atoms with Gasteiger partial charge in [0.1, 0.15) is 0 Å². The SMILES string of the molecule is C/C=C/CCCCC(CC)C(=O)O. The van der Waals surface area contributed by atoms with Crippen LogP contribution in [0.2, 0.25) is 0 Å². The Kier molecular flexibility index (Phi) is 7.36. The van der Waals surface area contributed by atoms with Crippen molar-refractivity contribution in [2.24, 2.45) is 5.92 Å². The fourth-order valence-electron chi connectivity index (χ4n) is 1.32. The molecule has 0 aromatic heterocycles. The van der Waals surface area contributed by atoms with Crippen molar-refractivity contribution in [3.05, 3.63) is 12.2 Å². The summed E-state index contributed by atoms with van der Waals surface area (Å²) in [7, 11) is 0. The number of aliphatic carboxylic acids is 1. The zero-order valence-corrected chi connectivity index (χ0v) is 8.62. The molecule has 0 heterocycles. The molecular formula is C11H20O2. The summed E-state index contributed by atoms with van der Waals surface area (Å²) in [5.74, 6) is -0.779. The van der Waals surface area contributed by atoms with Crippen LogP contribution in [0.1, 0.15) is 46.0 Å². The van der Waals surface area contributed by atoms with E-state index in [1.54, 1.807) is 0 Å². The maximum Gasteiger partial charge on any atom is 0.306 e. The molecule has 0 saturated heterocycles. The van der Waals surface area contributed by atoms with Crippen molar-refractivity contribution < 1.29 is 9.90 Å². The minimum absolute atomic E-state index is 0.134. The van der Waals surface area contributed by atoms with Crippen LogP contribution >= 0.6 is 0 Å². The summed E-state index contributed by atoms with van der Waals surface area (Å²) in [4.78, 5) is 10.6. The Morgan fingerprint density at radius 1 is 1.46 bits per heavy atom. The molecule has 0 aliphatic carbocycles. The first kappa shape index (κ1) is 12.2. The topological polar surface area (TPSA) is 37.3 Å². The fraction of sp³-hybridized carbons (Fsp3) is 0.727. The number of carbonyl (C=O) groups is 1. The molecule has 0 bridgehead atoms. The molecule has 1 N–H and O–H groups in total. The molecule has 0 saturated carbocycles. The van der Waals surface area contributed by atoms with Gasteiger partial charge >= 0.3 is 5.97 Å². The lowest BCUT2D eigenvalue weighted by Gasteiger charge is -2.07. The van der Waals surface area contributed by atoms with Crippen LogP contribution in [-0.2, 0) is 4.79 Å². The van der Waals surface area contributed by atoms with Crippen LogP contribution in [0.4, 0.5) is 0 Å². The highest BCUT2D eigenvalue weighted by molar-refractivity contribution is 5.69. The van der Waals surface area contributed by atoms with Gasteiger partial charge in [0, 0.05) is 0 Å². The molecule has 1 atom stereocenters. The third-order valence-corrected chi connectivity index (χ3v) is 2.25. The highest BCUT2D eigenvalue weighted by Crippen LogP contribution is 2.13. The summed E-state index contributed by atoms with van der Waals surface area (Å²) in [5.41, 5.74) is 0. The zero-order valence-electron chi connectivity index (χ0n) is 8.62. The Morgan fingerprint density at radius 2 is 2.15 bits per heavy atom. The van der Waals surface area contributed by atoms with E-state index < -0.39 is 5.97 Å². The quantitative estimate of drug-likeness (QED) is 0.487. The second-order valence-electron chi connectivity index (χ2n) is 3.30. The van der Waals surface area contributed by atoms with Gasteiger partial charge in [-0.2, -0.15) is 0 Å². The van der Waals surface area contributed by atoms with Crippen molar-refractivity contribution in [3.8, 4) is 0 Å².